The van der Waals surface area contributed by atoms with Crippen molar-refractivity contribution in [1.82, 2.24) is 15.1 Å². The lowest BCUT2D eigenvalue weighted by molar-refractivity contribution is -0.122. The van der Waals surface area contributed by atoms with E-state index in [1.807, 2.05) is 6.92 Å². The molecule has 1 amide bonds. The van der Waals surface area contributed by atoms with Gasteiger partial charge in [0.25, 0.3) is 0 Å². The van der Waals surface area contributed by atoms with Gasteiger partial charge in [0.15, 0.2) is 0 Å². The van der Waals surface area contributed by atoms with Gasteiger partial charge in [-0.05, 0) is 20.8 Å². The van der Waals surface area contributed by atoms with Crippen LogP contribution in [-0.2, 0) is 4.79 Å². The molecule has 0 saturated carbocycles. The Bertz CT molecular complexity index is 247. The molecular weight excluding hydrogens is 216 g/mol. The zero-order valence-corrected chi connectivity index (χ0v) is 11.3. The molecule has 1 aliphatic rings. The van der Waals surface area contributed by atoms with E-state index in [-0.39, 0.29) is 11.4 Å². The predicted molar refractivity (Wildman–Crippen MR) is 69.8 cm³/mol. The Morgan fingerprint density at radius 1 is 1.29 bits per heavy atom. The molecule has 5 nitrogen and oxygen atoms in total. The van der Waals surface area contributed by atoms with Crippen LogP contribution in [0.15, 0.2) is 0 Å². The summed E-state index contributed by atoms with van der Waals surface area (Å²) < 4.78 is 0. The van der Waals surface area contributed by atoms with E-state index in [0.29, 0.717) is 19.6 Å². The zero-order valence-electron chi connectivity index (χ0n) is 11.3. The minimum atomic E-state index is 0.0672. The van der Waals surface area contributed by atoms with Crippen LogP contribution in [0.1, 0.15) is 20.8 Å². The highest BCUT2D eigenvalue weighted by Gasteiger charge is 2.28. The van der Waals surface area contributed by atoms with E-state index in [1.54, 1.807) is 0 Å². The Hall–Kier alpha value is -0.650. The van der Waals surface area contributed by atoms with E-state index in [2.05, 4.69) is 29.0 Å². The molecule has 1 heterocycles. The van der Waals surface area contributed by atoms with Gasteiger partial charge in [-0.25, -0.2) is 0 Å². The SMILES string of the molecule is CCNC(=O)CN1CCN(C(C)(C)CN)CC1. The summed E-state index contributed by atoms with van der Waals surface area (Å²) in [5.74, 6) is 0.124. The maximum absolute atomic E-state index is 11.5. The van der Waals surface area contributed by atoms with Crippen molar-refractivity contribution in [2.24, 2.45) is 5.73 Å². The molecule has 1 aliphatic heterocycles. The molecule has 100 valence electrons. The lowest BCUT2D eigenvalue weighted by atomic mass is 10.0. The molecule has 1 rings (SSSR count). The summed E-state index contributed by atoms with van der Waals surface area (Å²) in [6.07, 6.45) is 0. The van der Waals surface area contributed by atoms with E-state index in [0.717, 1.165) is 26.2 Å². The number of hydrogen-bond donors (Lipinski definition) is 2. The first-order valence-electron chi connectivity index (χ1n) is 6.43. The normalized spacial score (nSPS) is 19.3. The lowest BCUT2D eigenvalue weighted by Gasteiger charge is -2.43. The Labute approximate surface area is 104 Å². The van der Waals surface area contributed by atoms with Gasteiger partial charge in [-0.15, -0.1) is 0 Å². The highest BCUT2D eigenvalue weighted by molar-refractivity contribution is 5.77. The zero-order chi connectivity index (χ0) is 12.9. The van der Waals surface area contributed by atoms with E-state index in [1.165, 1.54) is 0 Å². The molecule has 5 heteroatoms. The van der Waals surface area contributed by atoms with Crippen molar-refractivity contribution in [2.45, 2.75) is 26.3 Å². The molecule has 0 atom stereocenters. The third kappa shape index (κ3) is 4.26. The van der Waals surface area contributed by atoms with Crippen molar-refractivity contribution in [2.75, 3.05) is 45.8 Å². The number of piperazine rings is 1. The van der Waals surface area contributed by atoms with Crippen LogP contribution in [0.4, 0.5) is 0 Å². The third-order valence-corrected chi connectivity index (χ3v) is 3.47. The van der Waals surface area contributed by atoms with Crippen molar-refractivity contribution in [3.8, 4) is 0 Å². The second-order valence-electron chi connectivity index (χ2n) is 5.23. The molecule has 1 fully saturated rings. The minimum absolute atomic E-state index is 0.0672. The molecule has 0 spiro atoms. The molecule has 0 aromatic rings. The maximum atomic E-state index is 11.5. The first-order valence-corrected chi connectivity index (χ1v) is 6.43. The van der Waals surface area contributed by atoms with Crippen LogP contribution in [0.3, 0.4) is 0 Å². The fourth-order valence-electron chi connectivity index (χ4n) is 2.10. The smallest absolute Gasteiger partial charge is 0.234 e. The summed E-state index contributed by atoms with van der Waals surface area (Å²) in [5.41, 5.74) is 5.84. The largest absolute Gasteiger partial charge is 0.355 e. The third-order valence-electron chi connectivity index (χ3n) is 3.47. The summed E-state index contributed by atoms with van der Waals surface area (Å²) in [4.78, 5) is 16.1. The highest BCUT2D eigenvalue weighted by Crippen LogP contribution is 2.15. The van der Waals surface area contributed by atoms with Gasteiger partial charge in [-0.3, -0.25) is 14.6 Å². The number of likely N-dealkylation sites (N-methyl/N-ethyl adjacent to an activating group) is 1. The van der Waals surface area contributed by atoms with Crippen LogP contribution in [0.25, 0.3) is 0 Å². The Balaban J connectivity index is 2.33. The Morgan fingerprint density at radius 2 is 1.88 bits per heavy atom. The van der Waals surface area contributed by atoms with Gasteiger partial charge >= 0.3 is 0 Å². The van der Waals surface area contributed by atoms with Crippen LogP contribution >= 0.6 is 0 Å². The number of carbonyl (C=O) groups is 1. The van der Waals surface area contributed by atoms with Crippen LogP contribution in [-0.4, -0.2) is 67.1 Å². The van der Waals surface area contributed by atoms with E-state index >= 15 is 0 Å². The number of amides is 1. The number of nitrogens with one attached hydrogen (secondary N) is 1. The van der Waals surface area contributed by atoms with Crippen molar-refractivity contribution in [3.05, 3.63) is 0 Å². The highest BCUT2D eigenvalue weighted by atomic mass is 16.2. The summed E-state index contributed by atoms with van der Waals surface area (Å²) in [6.45, 7) is 12.1. The average molecular weight is 242 g/mol. The minimum Gasteiger partial charge on any atom is -0.355 e. The molecule has 0 bridgehead atoms. The standard InChI is InChI=1S/C12H26N4O/c1-4-14-11(17)9-15-5-7-16(8-6-15)12(2,3)10-13/h4-10,13H2,1-3H3,(H,14,17). The fraction of sp³-hybridized carbons (Fsp3) is 0.917. The average Bonchev–Trinajstić information content (AvgIpc) is 2.30. The maximum Gasteiger partial charge on any atom is 0.234 e. The number of rotatable bonds is 5. The molecule has 3 N–H and O–H groups in total. The van der Waals surface area contributed by atoms with Crippen LogP contribution in [0.2, 0.25) is 0 Å². The van der Waals surface area contributed by atoms with Gasteiger partial charge in [0.05, 0.1) is 6.54 Å². The number of hydrogen-bond acceptors (Lipinski definition) is 4. The first kappa shape index (κ1) is 14.4. The summed E-state index contributed by atoms with van der Waals surface area (Å²) >= 11 is 0. The molecule has 1 saturated heterocycles. The van der Waals surface area contributed by atoms with Gasteiger partial charge in [0.1, 0.15) is 0 Å². The summed E-state index contributed by atoms with van der Waals surface area (Å²) in [6, 6.07) is 0. The second-order valence-corrected chi connectivity index (χ2v) is 5.23. The Morgan fingerprint density at radius 3 is 2.35 bits per heavy atom. The van der Waals surface area contributed by atoms with Gasteiger partial charge in [0.2, 0.25) is 5.91 Å². The first-order chi connectivity index (χ1) is 7.99. The van der Waals surface area contributed by atoms with Gasteiger partial charge in [-0.1, -0.05) is 0 Å². The topological polar surface area (TPSA) is 61.6 Å². The van der Waals surface area contributed by atoms with Crippen LogP contribution < -0.4 is 11.1 Å². The number of carbonyl (C=O) groups excluding carboxylic acids is 1. The van der Waals surface area contributed by atoms with Crippen molar-refractivity contribution in [1.29, 1.82) is 0 Å². The van der Waals surface area contributed by atoms with Crippen molar-refractivity contribution >= 4 is 5.91 Å². The predicted octanol–water partition coefficient (Wildman–Crippen LogP) is -0.523. The van der Waals surface area contributed by atoms with Gasteiger partial charge < -0.3 is 11.1 Å². The summed E-state index contributed by atoms with van der Waals surface area (Å²) in [5, 5.41) is 2.83. The van der Waals surface area contributed by atoms with Crippen LogP contribution in [0, 0.1) is 0 Å². The second kappa shape index (κ2) is 6.33. The summed E-state index contributed by atoms with van der Waals surface area (Å²) in [7, 11) is 0. The fourth-order valence-corrected chi connectivity index (χ4v) is 2.10. The molecule has 17 heavy (non-hydrogen) atoms. The van der Waals surface area contributed by atoms with E-state index < -0.39 is 0 Å². The molecule has 0 unspecified atom stereocenters. The molecular formula is C12H26N4O. The monoisotopic (exact) mass is 242 g/mol. The molecule has 0 aliphatic carbocycles. The Kier molecular flexibility index (Phi) is 5.36. The van der Waals surface area contributed by atoms with Gasteiger partial charge in [-0.2, -0.15) is 0 Å². The van der Waals surface area contributed by atoms with Crippen LogP contribution in [0.5, 0.6) is 0 Å². The lowest BCUT2D eigenvalue weighted by Crippen LogP contribution is -2.58. The van der Waals surface area contributed by atoms with Crippen molar-refractivity contribution in [3.63, 3.8) is 0 Å². The molecule has 0 radical (unpaired) electrons. The molecule has 0 aromatic carbocycles. The molecule has 0 aromatic heterocycles. The number of nitrogens with two attached hydrogens (primary N) is 1. The number of nitrogens with zero attached hydrogens (tertiary/aromatic N) is 2. The quantitative estimate of drug-likeness (QED) is 0.681. The van der Waals surface area contributed by atoms with E-state index in [4.69, 9.17) is 5.73 Å². The van der Waals surface area contributed by atoms with Gasteiger partial charge in [0, 0.05) is 44.8 Å². The van der Waals surface area contributed by atoms with E-state index in [9.17, 15) is 4.79 Å². The van der Waals surface area contributed by atoms with Crippen molar-refractivity contribution < 1.29 is 4.79 Å².